The summed E-state index contributed by atoms with van der Waals surface area (Å²) in [5.41, 5.74) is 0.407. The van der Waals surface area contributed by atoms with E-state index >= 15 is 0 Å². The number of aromatic nitrogens is 3. The van der Waals surface area contributed by atoms with Crippen molar-refractivity contribution in [1.29, 1.82) is 0 Å². The third-order valence-electron chi connectivity index (χ3n) is 2.61. The van der Waals surface area contributed by atoms with Crippen molar-refractivity contribution in [3.05, 3.63) is 41.7 Å². The molecular formula is C14H15N3O4. The van der Waals surface area contributed by atoms with Crippen molar-refractivity contribution in [1.82, 2.24) is 15.0 Å². The van der Waals surface area contributed by atoms with Gasteiger partial charge in [0.15, 0.2) is 5.69 Å². The van der Waals surface area contributed by atoms with Crippen molar-refractivity contribution in [2.24, 2.45) is 0 Å². The molecule has 1 aromatic carbocycles. The Balaban J connectivity index is 2.51. The Morgan fingerprint density at radius 3 is 2.29 bits per heavy atom. The lowest BCUT2D eigenvalue weighted by molar-refractivity contribution is 0.0469. The summed E-state index contributed by atoms with van der Waals surface area (Å²) in [7, 11) is 0. The highest BCUT2D eigenvalue weighted by Crippen LogP contribution is 2.15. The van der Waals surface area contributed by atoms with Crippen LogP contribution in [0.3, 0.4) is 0 Å². The molecule has 0 N–H and O–H groups in total. The van der Waals surface area contributed by atoms with E-state index in [0.29, 0.717) is 5.69 Å². The predicted octanol–water partition coefficient (Wildman–Crippen LogP) is 1.62. The van der Waals surface area contributed by atoms with E-state index in [0.717, 1.165) is 0 Å². The highest BCUT2D eigenvalue weighted by molar-refractivity contribution is 6.00. The zero-order chi connectivity index (χ0) is 15.2. The van der Waals surface area contributed by atoms with Crippen molar-refractivity contribution >= 4 is 11.9 Å². The SMILES string of the molecule is CCOC(=O)c1nnn(-c2ccccc2)c1C(=O)OCC. The minimum absolute atomic E-state index is 0.0403. The number of benzene rings is 1. The van der Waals surface area contributed by atoms with Gasteiger partial charge in [0.05, 0.1) is 18.9 Å². The minimum Gasteiger partial charge on any atom is -0.461 e. The third kappa shape index (κ3) is 3.07. The van der Waals surface area contributed by atoms with Crippen LogP contribution in [-0.2, 0) is 9.47 Å². The molecule has 0 bridgehead atoms. The van der Waals surface area contributed by atoms with Gasteiger partial charge in [-0.15, -0.1) is 5.10 Å². The lowest BCUT2D eigenvalue weighted by Gasteiger charge is -2.07. The van der Waals surface area contributed by atoms with Crippen LogP contribution in [0, 0.1) is 0 Å². The van der Waals surface area contributed by atoms with Gasteiger partial charge in [-0.1, -0.05) is 23.4 Å². The molecule has 2 aromatic rings. The van der Waals surface area contributed by atoms with Crippen LogP contribution >= 0.6 is 0 Å². The number of para-hydroxylation sites is 1. The topological polar surface area (TPSA) is 83.3 Å². The van der Waals surface area contributed by atoms with Gasteiger partial charge in [0, 0.05) is 0 Å². The molecule has 7 nitrogen and oxygen atoms in total. The van der Waals surface area contributed by atoms with Crippen molar-refractivity contribution in [3.63, 3.8) is 0 Å². The first kappa shape index (κ1) is 14.7. The second-order valence-electron chi connectivity index (χ2n) is 3.97. The molecule has 0 aliphatic carbocycles. The second kappa shape index (κ2) is 6.65. The lowest BCUT2D eigenvalue weighted by Crippen LogP contribution is -2.17. The second-order valence-corrected chi connectivity index (χ2v) is 3.97. The van der Waals surface area contributed by atoms with Crippen LogP contribution in [0.15, 0.2) is 30.3 Å². The molecule has 0 atom stereocenters. The first-order valence-electron chi connectivity index (χ1n) is 6.54. The lowest BCUT2D eigenvalue weighted by atomic mass is 10.2. The predicted molar refractivity (Wildman–Crippen MR) is 73.3 cm³/mol. The van der Waals surface area contributed by atoms with E-state index in [9.17, 15) is 9.59 Å². The average Bonchev–Trinajstić information content (AvgIpc) is 2.93. The van der Waals surface area contributed by atoms with Gasteiger partial charge in [0.2, 0.25) is 5.69 Å². The van der Waals surface area contributed by atoms with Gasteiger partial charge in [-0.25, -0.2) is 14.3 Å². The van der Waals surface area contributed by atoms with E-state index < -0.39 is 11.9 Å². The molecule has 110 valence electrons. The molecule has 0 aliphatic rings. The fourth-order valence-corrected chi connectivity index (χ4v) is 1.75. The smallest absolute Gasteiger partial charge is 0.361 e. The Hall–Kier alpha value is -2.70. The molecule has 7 heteroatoms. The number of nitrogens with zero attached hydrogens (tertiary/aromatic N) is 3. The number of hydrogen-bond donors (Lipinski definition) is 0. The third-order valence-corrected chi connectivity index (χ3v) is 2.61. The van der Waals surface area contributed by atoms with Crippen molar-refractivity contribution in [3.8, 4) is 5.69 Å². The highest BCUT2D eigenvalue weighted by Gasteiger charge is 2.28. The maximum Gasteiger partial charge on any atom is 0.361 e. The van der Waals surface area contributed by atoms with Crippen molar-refractivity contribution < 1.29 is 19.1 Å². The van der Waals surface area contributed by atoms with Gasteiger partial charge in [-0.05, 0) is 26.0 Å². The molecule has 0 amide bonds. The molecule has 1 aromatic heterocycles. The Kier molecular flexibility index (Phi) is 4.65. The van der Waals surface area contributed by atoms with Crippen molar-refractivity contribution in [2.45, 2.75) is 13.8 Å². The summed E-state index contributed by atoms with van der Waals surface area (Å²) >= 11 is 0. The van der Waals surface area contributed by atoms with Crippen LogP contribution in [0.4, 0.5) is 0 Å². The Labute approximate surface area is 121 Å². The molecule has 0 radical (unpaired) electrons. The number of esters is 2. The number of ether oxygens (including phenoxy) is 2. The fraction of sp³-hybridized carbons (Fsp3) is 0.286. The first-order chi connectivity index (χ1) is 10.2. The summed E-state index contributed by atoms with van der Waals surface area (Å²) in [6.07, 6.45) is 0. The summed E-state index contributed by atoms with van der Waals surface area (Å²) in [6, 6.07) is 8.89. The van der Waals surface area contributed by atoms with Crippen LogP contribution in [0.25, 0.3) is 5.69 Å². The maximum absolute atomic E-state index is 12.1. The van der Waals surface area contributed by atoms with E-state index in [1.165, 1.54) is 4.68 Å². The quantitative estimate of drug-likeness (QED) is 0.778. The molecular weight excluding hydrogens is 274 g/mol. The van der Waals surface area contributed by atoms with E-state index in [1.807, 2.05) is 6.07 Å². The molecule has 0 spiro atoms. The minimum atomic E-state index is -0.706. The zero-order valence-electron chi connectivity index (χ0n) is 11.8. The molecule has 0 saturated heterocycles. The first-order valence-corrected chi connectivity index (χ1v) is 6.54. The normalized spacial score (nSPS) is 10.2. The standard InChI is InChI=1S/C14H15N3O4/c1-3-20-13(18)11-12(14(19)21-4-2)17(16-15-11)10-8-6-5-7-9-10/h5-9H,3-4H2,1-2H3. The van der Waals surface area contributed by atoms with Gasteiger partial charge in [0.1, 0.15) is 0 Å². The number of carbonyl (C=O) groups excluding carboxylic acids is 2. The van der Waals surface area contributed by atoms with Crippen LogP contribution in [0.5, 0.6) is 0 Å². The van der Waals surface area contributed by atoms with Gasteiger partial charge >= 0.3 is 11.9 Å². The van der Waals surface area contributed by atoms with Crippen LogP contribution < -0.4 is 0 Å². The van der Waals surface area contributed by atoms with Crippen LogP contribution in [0.2, 0.25) is 0 Å². The average molecular weight is 289 g/mol. The van der Waals surface area contributed by atoms with Gasteiger partial charge in [-0.2, -0.15) is 0 Å². The summed E-state index contributed by atoms with van der Waals surface area (Å²) < 4.78 is 11.1. The summed E-state index contributed by atoms with van der Waals surface area (Å²) in [5, 5.41) is 7.61. The van der Waals surface area contributed by atoms with E-state index in [1.54, 1.807) is 38.1 Å². The van der Waals surface area contributed by atoms with E-state index in [2.05, 4.69) is 10.3 Å². The monoisotopic (exact) mass is 289 g/mol. The maximum atomic E-state index is 12.1. The van der Waals surface area contributed by atoms with Crippen molar-refractivity contribution in [2.75, 3.05) is 13.2 Å². The molecule has 0 unspecified atom stereocenters. The number of carbonyl (C=O) groups is 2. The van der Waals surface area contributed by atoms with E-state index in [4.69, 9.17) is 9.47 Å². The summed E-state index contributed by atoms with van der Waals surface area (Å²) in [6.45, 7) is 3.71. The molecule has 0 fully saturated rings. The molecule has 21 heavy (non-hydrogen) atoms. The van der Waals surface area contributed by atoms with Crippen LogP contribution in [0.1, 0.15) is 34.8 Å². The van der Waals surface area contributed by atoms with E-state index in [-0.39, 0.29) is 24.6 Å². The van der Waals surface area contributed by atoms with Crippen LogP contribution in [-0.4, -0.2) is 40.1 Å². The molecule has 2 rings (SSSR count). The summed E-state index contributed by atoms with van der Waals surface area (Å²) in [5.74, 6) is -1.38. The largest absolute Gasteiger partial charge is 0.461 e. The number of rotatable bonds is 5. The number of hydrogen-bond acceptors (Lipinski definition) is 6. The Bertz CT molecular complexity index is 637. The van der Waals surface area contributed by atoms with Gasteiger partial charge in [0.25, 0.3) is 0 Å². The molecule has 0 aliphatic heterocycles. The van der Waals surface area contributed by atoms with Gasteiger partial charge in [-0.3, -0.25) is 0 Å². The fourth-order valence-electron chi connectivity index (χ4n) is 1.75. The zero-order valence-corrected chi connectivity index (χ0v) is 11.8. The Morgan fingerprint density at radius 2 is 1.67 bits per heavy atom. The summed E-state index contributed by atoms with van der Waals surface area (Å²) in [4.78, 5) is 24.0. The Morgan fingerprint density at radius 1 is 1.05 bits per heavy atom. The highest BCUT2D eigenvalue weighted by atomic mass is 16.5. The molecule has 0 saturated carbocycles. The van der Waals surface area contributed by atoms with Gasteiger partial charge < -0.3 is 9.47 Å². The molecule has 1 heterocycles.